The number of likely N-dealkylation sites (N-methyl/N-ethyl adjacent to an activating group) is 1. The molecule has 0 aromatic heterocycles. The largest absolute Gasteiger partial charge is 0.346 e. The second-order valence-electron chi connectivity index (χ2n) is 7.91. The lowest BCUT2D eigenvalue weighted by Crippen LogP contribution is -2.41. The summed E-state index contributed by atoms with van der Waals surface area (Å²) < 4.78 is 0.805. The van der Waals surface area contributed by atoms with E-state index in [1.165, 1.54) is 5.56 Å². The van der Waals surface area contributed by atoms with Crippen LogP contribution < -0.4 is 5.32 Å². The van der Waals surface area contributed by atoms with Crippen LogP contribution in [-0.2, 0) is 0 Å². The van der Waals surface area contributed by atoms with Gasteiger partial charge in [0.15, 0.2) is 0 Å². The molecule has 1 amide bonds. The lowest BCUT2D eigenvalue weighted by molar-refractivity contribution is -0.869. The van der Waals surface area contributed by atoms with Crippen molar-refractivity contribution in [3.05, 3.63) is 83.4 Å². The molecule has 144 valence electrons. The Morgan fingerprint density at radius 3 is 2.11 bits per heavy atom. The zero-order chi connectivity index (χ0) is 20.1. The van der Waals surface area contributed by atoms with E-state index in [9.17, 15) is 4.79 Å². The van der Waals surface area contributed by atoms with Crippen LogP contribution in [0.25, 0.3) is 22.3 Å². The molecule has 0 saturated heterocycles. The lowest BCUT2D eigenvalue weighted by Gasteiger charge is -2.23. The molecule has 0 bridgehead atoms. The predicted octanol–water partition coefficient (Wildman–Crippen LogP) is 5.11. The van der Waals surface area contributed by atoms with Crippen LogP contribution in [0.4, 0.5) is 0 Å². The Bertz CT molecular complexity index is 945. The van der Waals surface area contributed by atoms with Crippen LogP contribution in [0.5, 0.6) is 0 Å². The maximum atomic E-state index is 12.5. The van der Waals surface area contributed by atoms with Gasteiger partial charge in [-0.2, -0.15) is 0 Å². The molecule has 3 aromatic rings. The van der Waals surface area contributed by atoms with E-state index in [4.69, 9.17) is 11.6 Å². The molecule has 0 spiro atoms. The number of benzene rings is 3. The number of carbonyl (C=O) groups excluding carboxylic acids is 1. The molecule has 0 atom stereocenters. The third-order valence-corrected chi connectivity index (χ3v) is 4.93. The molecule has 3 aromatic carbocycles. The van der Waals surface area contributed by atoms with Gasteiger partial charge in [-0.3, -0.25) is 4.79 Å². The van der Waals surface area contributed by atoms with Crippen LogP contribution in [0.2, 0.25) is 5.02 Å². The minimum atomic E-state index is -0.0766. The second kappa shape index (κ2) is 8.59. The highest BCUT2D eigenvalue weighted by molar-refractivity contribution is 6.33. The van der Waals surface area contributed by atoms with Crippen molar-refractivity contribution in [2.45, 2.75) is 0 Å². The van der Waals surface area contributed by atoms with E-state index in [0.29, 0.717) is 17.1 Å². The Labute approximate surface area is 172 Å². The van der Waals surface area contributed by atoms with Crippen LogP contribution in [0.1, 0.15) is 10.4 Å². The van der Waals surface area contributed by atoms with Gasteiger partial charge in [-0.15, -0.1) is 0 Å². The molecule has 0 aliphatic heterocycles. The Balaban J connectivity index is 1.79. The number of rotatable bonds is 6. The minimum Gasteiger partial charge on any atom is -0.346 e. The summed E-state index contributed by atoms with van der Waals surface area (Å²) in [7, 11) is 6.31. The molecular weight excluding hydrogens is 368 g/mol. The molecule has 0 saturated carbocycles. The number of nitrogens with one attached hydrogen (secondary N) is 1. The van der Waals surface area contributed by atoms with Crippen LogP contribution in [0.3, 0.4) is 0 Å². The summed E-state index contributed by atoms with van der Waals surface area (Å²) in [6, 6.07) is 23.9. The molecule has 1 N–H and O–H groups in total. The summed E-state index contributed by atoms with van der Waals surface area (Å²) in [6.07, 6.45) is 0. The van der Waals surface area contributed by atoms with Crippen molar-refractivity contribution in [2.24, 2.45) is 0 Å². The molecule has 28 heavy (non-hydrogen) atoms. The van der Waals surface area contributed by atoms with Crippen LogP contribution in [0, 0.1) is 0 Å². The van der Waals surface area contributed by atoms with E-state index < -0.39 is 0 Å². The minimum absolute atomic E-state index is 0.0766. The molecule has 3 rings (SSSR count). The molecule has 0 heterocycles. The average Bonchev–Trinajstić information content (AvgIpc) is 2.68. The summed E-state index contributed by atoms with van der Waals surface area (Å²) >= 11 is 6.42. The first-order chi connectivity index (χ1) is 13.3. The number of halogens is 1. The van der Waals surface area contributed by atoms with E-state index >= 15 is 0 Å². The molecule has 0 unspecified atom stereocenters. The highest BCUT2D eigenvalue weighted by Crippen LogP contribution is 2.30. The predicted molar refractivity (Wildman–Crippen MR) is 118 cm³/mol. The molecule has 0 aliphatic rings. The average molecular weight is 394 g/mol. The van der Waals surface area contributed by atoms with Gasteiger partial charge in [0, 0.05) is 16.1 Å². The van der Waals surface area contributed by atoms with Gasteiger partial charge in [-0.05, 0) is 34.9 Å². The Hall–Kier alpha value is -2.62. The van der Waals surface area contributed by atoms with Gasteiger partial charge in [0.2, 0.25) is 0 Å². The summed E-state index contributed by atoms with van der Waals surface area (Å²) in [5, 5.41) is 3.62. The molecular formula is C24H26ClN2O+. The molecule has 0 fully saturated rings. The van der Waals surface area contributed by atoms with Crippen molar-refractivity contribution >= 4 is 17.5 Å². The maximum Gasteiger partial charge on any atom is 0.251 e. The lowest BCUT2D eigenvalue weighted by atomic mass is 9.99. The summed E-state index contributed by atoms with van der Waals surface area (Å²) in [5.74, 6) is -0.0766. The normalized spacial score (nSPS) is 11.3. The van der Waals surface area contributed by atoms with Crippen molar-refractivity contribution in [3.63, 3.8) is 0 Å². The molecule has 0 aliphatic carbocycles. The van der Waals surface area contributed by atoms with Gasteiger partial charge < -0.3 is 9.80 Å². The first kappa shape index (κ1) is 20.1. The first-order valence-electron chi connectivity index (χ1n) is 9.37. The maximum absolute atomic E-state index is 12.5. The van der Waals surface area contributed by atoms with Crippen LogP contribution >= 0.6 is 11.6 Å². The number of quaternary nitrogens is 1. The standard InChI is InChI=1S/C24H25ClN2O/c1-27(2,3)16-15-26-24(28)21-13-14-23(25)22(17-21)20-11-9-19(10-12-20)18-7-5-4-6-8-18/h4-14,17H,15-16H2,1-3H3/p+1. The Morgan fingerprint density at radius 1 is 0.857 bits per heavy atom. The number of nitrogens with zero attached hydrogens (tertiary/aromatic N) is 1. The van der Waals surface area contributed by atoms with E-state index in [2.05, 4.69) is 50.7 Å². The van der Waals surface area contributed by atoms with E-state index in [1.54, 1.807) is 12.1 Å². The smallest absolute Gasteiger partial charge is 0.251 e. The van der Waals surface area contributed by atoms with Gasteiger partial charge in [-0.1, -0.05) is 66.2 Å². The quantitative estimate of drug-likeness (QED) is 0.579. The Kier molecular flexibility index (Phi) is 6.18. The fourth-order valence-electron chi connectivity index (χ4n) is 2.97. The summed E-state index contributed by atoms with van der Waals surface area (Å²) in [4.78, 5) is 12.5. The van der Waals surface area contributed by atoms with Crippen molar-refractivity contribution in [1.82, 2.24) is 5.32 Å². The van der Waals surface area contributed by atoms with Crippen molar-refractivity contribution in [3.8, 4) is 22.3 Å². The van der Waals surface area contributed by atoms with Gasteiger partial charge in [0.1, 0.15) is 0 Å². The highest BCUT2D eigenvalue weighted by Gasteiger charge is 2.12. The summed E-state index contributed by atoms with van der Waals surface area (Å²) in [5.41, 5.74) is 4.79. The number of amides is 1. The topological polar surface area (TPSA) is 29.1 Å². The van der Waals surface area contributed by atoms with Crippen molar-refractivity contribution in [2.75, 3.05) is 34.2 Å². The van der Waals surface area contributed by atoms with Gasteiger partial charge in [-0.25, -0.2) is 0 Å². The Morgan fingerprint density at radius 2 is 1.46 bits per heavy atom. The van der Waals surface area contributed by atoms with Crippen LogP contribution in [-0.4, -0.2) is 44.6 Å². The third-order valence-electron chi connectivity index (χ3n) is 4.60. The monoisotopic (exact) mass is 393 g/mol. The van der Waals surface area contributed by atoms with Gasteiger partial charge in [0.05, 0.1) is 34.2 Å². The third kappa shape index (κ3) is 5.22. The summed E-state index contributed by atoms with van der Waals surface area (Å²) in [6.45, 7) is 1.50. The van der Waals surface area contributed by atoms with Crippen molar-refractivity contribution in [1.29, 1.82) is 0 Å². The second-order valence-corrected chi connectivity index (χ2v) is 8.32. The van der Waals surface area contributed by atoms with Gasteiger partial charge in [0.25, 0.3) is 5.91 Å². The SMILES string of the molecule is C[N+](C)(C)CCNC(=O)c1ccc(Cl)c(-c2ccc(-c3ccccc3)cc2)c1. The first-order valence-corrected chi connectivity index (χ1v) is 9.75. The number of hydrogen-bond acceptors (Lipinski definition) is 1. The van der Waals surface area contributed by atoms with Gasteiger partial charge >= 0.3 is 0 Å². The van der Waals surface area contributed by atoms with Crippen LogP contribution in [0.15, 0.2) is 72.8 Å². The van der Waals surface area contributed by atoms with E-state index in [0.717, 1.165) is 27.7 Å². The zero-order valence-corrected chi connectivity index (χ0v) is 17.3. The van der Waals surface area contributed by atoms with E-state index in [1.807, 2.05) is 36.4 Å². The molecule has 4 heteroatoms. The molecule has 3 nitrogen and oxygen atoms in total. The zero-order valence-electron chi connectivity index (χ0n) is 16.6. The fourth-order valence-corrected chi connectivity index (χ4v) is 3.19. The number of hydrogen-bond donors (Lipinski definition) is 1. The van der Waals surface area contributed by atoms with E-state index in [-0.39, 0.29) is 5.91 Å². The highest BCUT2D eigenvalue weighted by atomic mass is 35.5. The fraction of sp³-hybridized carbons (Fsp3) is 0.208. The van der Waals surface area contributed by atoms with Crippen molar-refractivity contribution < 1.29 is 9.28 Å². The number of carbonyl (C=O) groups is 1. The molecule has 0 radical (unpaired) electrons.